The molecule has 0 unspecified atom stereocenters. The highest BCUT2D eigenvalue weighted by atomic mass is 16.7. The van der Waals surface area contributed by atoms with E-state index in [2.05, 4.69) is 0 Å². The largest absolute Gasteiger partial charge is 0.497 e. The lowest BCUT2D eigenvalue weighted by molar-refractivity contribution is -0.130. The minimum absolute atomic E-state index is 0.0929. The van der Waals surface area contributed by atoms with Crippen molar-refractivity contribution in [2.45, 2.75) is 0 Å². The maximum atomic E-state index is 12.3. The summed E-state index contributed by atoms with van der Waals surface area (Å²) in [5.74, 6) is 0.00900. The number of ether oxygens (including phenoxy) is 3. The summed E-state index contributed by atoms with van der Waals surface area (Å²) in [5.41, 5.74) is 0.623. The molecule has 0 aliphatic carbocycles. The summed E-state index contributed by atoms with van der Waals surface area (Å²) in [5, 5.41) is 9.44. The fraction of sp³-hybridized carbons (Fsp3) is 0.111. The molecule has 0 saturated carbocycles. The molecule has 1 N–H and O–H groups in total. The number of fused-ring (bicyclic) bond motifs is 1. The Bertz CT molecular complexity index is 820. The van der Waals surface area contributed by atoms with Crippen molar-refractivity contribution >= 4 is 17.3 Å². The summed E-state index contributed by atoms with van der Waals surface area (Å²) in [6, 6.07) is 11.2. The van der Waals surface area contributed by atoms with Gasteiger partial charge < -0.3 is 19.3 Å². The molecule has 6 heteroatoms. The van der Waals surface area contributed by atoms with Crippen molar-refractivity contribution < 1.29 is 28.9 Å². The van der Waals surface area contributed by atoms with E-state index in [0.29, 0.717) is 28.4 Å². The van der Waals surface area contributed by atoms with Crippen LogP contribution in [0, 0.1) is 0 Å². The zero-order chi connectivity index (χ0) is 17.1. The van der Waals surface area contributed by atoms with Gasteiger partial charge in [-0.1, -0.05) is 6.07 Å². The minimum atomic E-state index is -1.20. The highest BCUT2D eigenvalue weighted by Crippen LogP contribution is 2.34. The van der Waals surface area contributed by atoms with Crippen LogP contribution in [0.1, 0.15) is 15.9 Å². The van der Waals surface area contributed by atoms with Crippen LogP contribution in [-0.4, -0.2) is 30.8 Å². The number of aliphatic carboxylic acids is 1. The molecular formula is C18H14O6. The molecule has 6 nitrogen and oxygen atoms in total. The van der Waals surface area contributed by atoms with Crippen molar-refractivity contribution in [1.29, 1.82) is 0 Å². The Balaban J connectivity index is 1.93. The van der Waals surface area contributed by atoms with Gasteiger partial charge in [-0.2, -0.15) is 0 Å². The molecule has 0 bridgehead atoms. The molecule has 1 heterocycles. The molecule has 0 saturated heterocycles. The van der Waals surface area contributed by atoms with E-state index in [1.807, 2.05) is 0 Å². The molecule has 0 aromatic heterocycles. The molecule has 2 aromatic rings. The molecule has 24 heavy (non-hydrogen) atoms. The molecule has 0 radical (unpaired) electrons. The molecule has 1 aliphatic heterocycles. The van der Waals surface area contributed by atoms with E-state index in [9.17, 15) is 14.7 Å². The molecule has 0 spiro atoms. The minimum Gasteiger partial charge on any atom is -0.497 e. The van der Waals surface area contributed by atoms with Crippen LogP contribution >= 0.6 is 0 Å². The summed E-state index contributed by atoms with van der Waals surface area (Å²) in [6.07, 6.45) is 1.10. The third-order valence-electron chi connectivity index (χ3n) is 3.56. The average Bonchev–Trinajstić information content (AvgIpc) is 3.06. The number of ketones is 1. The average molecular weight is 326 g/mol. The Labute approximate surface area is 137 Å². The van der Waals surface area contributed by atoms with Gasteiger partial charge in [0.15, 0.2) is 17.3 Å². The van der Waals surface area contributed by atoms with Crippen molar-refractivity contribution in [3.05, 3.63) is 59.7 Å². The zero-order valence-electron chi connectivity index (χ0n) is 12.8. The van der Waals surface area contributed by atoms with E-state index in [-0.39, 0.29) is 12.4 Å². The van der Waals surface area contributed by atoms with Crippen LogP contribution in [0.15, 0.2) is 48.5 Å². The van der Waals surface area contributed by atoms with Crippen LogP contribution < -0.4 is 14.2 Å². The van der Waals surface area contributed by atoms with Gasteiger partial charge in [0.2, 0.25) is 6.79 Å². The van der Waals surface area contributed by atoms with E-state index >= 15 is 0 Å². The number of hydrogen-bond donors (Lipinski definition) is 1. The van der Waals surface area contributed by atoms with Crippen LogP contribution in [0.2, 0.25) is 0 Å². The fourth-order valence-corrected chi connectivity index (χ4v) is 2.30. The van der Waals surface area contributed by atoms with Crippen molar-refractivity contribution in [1.82, 2.24) is 0 Å². The molecule has 0 amide bonds. The quantitative estimate of drug-likeness (QED) is 0.672. The maximum absolute atomic E-state index is 12.3. The third kappa shape index (κ3) is 3.08. The predicted octanol–water partition coefficient (Wildman–Crippen LogP) is 2.77. The van der Waals surface area contributed by atoms with Gasteiger partial charge >= 0.3 is 5.97 Å². The number of hydrogen-bond acceptors (Lipinski definition) is 5. The molecule has 3 rings (SSSR count). The van der Waals surface area contributed by atoms with Crippen LogP contribution in [-0.2, 0) is 4.79 Å². The van der Waals surface area contributed by atoms with Gasteiger partial charge in [0.05, 0.1) is 12.7 Å². The van der Waals surface area contributed by atoms with Crippen molar-refractivity contribution in [3.8, 4) is 17.2 Å². The van der Waals surface area contributed by atoms with Gasteiger partial charge in [-0.15, -0.1) is 0 Å². The van der Waals surface area contributed by atoms with Crippen molar-refractivity contribution in [2.75, 3.05) is 13.9 Å². The maximum Gasteiger partial charge on any atom is 0.336 e. The monoisotopic (exact) mass is 326 g/mol. The van der Waals surface area contributed by atoms with E-state index in [1.54, 1.807) is 42.5 Å². The molecule has 1 aliphatic rings. The van der Waals surface area contributed by atoms with Crippen LogP contribution in [0.3, 0.4) is 0 Å². The lowest BCUT2D eigenvalue weighted by Crippen LogP contribution is -2.04. The summed E-state index contributed by atoms with van der Waals surface area (Å²) >= 11 is 0. The number of carbonyl (C=O) groups excluding carboxylic acids is 1. The standard InChI is InChI=1S/C18H14O6/c1-22-13-5-2-11(3-6-13)15(19)9-14(18(20)21)12-4-7-16-17(8-12)24-10-23-16/h2-9H,10H2,1H3,(H,20,21). The number of carbonyl (C=O) groups is 2. The summed E-state index contributed by atoms with van der Waals surface area (Å²) in [4.78, 5) is 23.9. The Kier molecular flexibility index (Phi) is 4.20. The van der Waals surface area contributed by atoms with Gasteiger partial charge in [-0.3, -0.25) is 4.79 Å². The van der Waals surface area contributed by atoms with Crippen molar-refractivity contribution in [3.63, 3.8) is 0 Å². The van der Waals surface area contributed by atoms with E-state index in [1.165, 1.54) is 7.11 Å². The molecule has 122 valence electrons. The Morgan fingerprint density at radius 3 is 2.38 bits per heavy atom. The smallest absolute Gasteiger partial charge is 0.336 e. The number of methoxy groups -OCH3 is 1. The van der Waals surface area contributed by atoms with Gasteiger partial charge in [-0.05, 0) is 42.0 Å². The topological polar surface area (TPSA) is 82.1 Å². The second-order valence-electron chi connectivity index (χ2n) is 5.02. The van der Waals surface area contributed by atoms with Gasteiger partial charge in [0.25, 0.3) is 0 Å². The first kappa shape index (κ1) is 15.6. The second-order valence-corrected chi connectivity index (χ2v) is 5.02. The van der Waals surface area contributed by atoms with Gasteiger partial charge in [0.1, 0.15) is 5.75 Å². The van der Waals surface area contributed by atoms with Crippen LogP contribution in [0.25, 0.3) is 5.57 Å². The number of allylic oxidation sites excluding steroid dienone is 1. The molecular weight excluding hydrogens is 312 g/mol. The predicted molar refractivity (Wildman–Crippen MR) is 85.5 cm³/mol. The fourth-order valence-electron chi connectivity index (χ4n) is 2.30. The lowest BCUT2D eigenvalue weighted by Gasteiger charge is -2.05. The van der Waals surface area contributed by atoms with Crippen molar-refractivity contribution in [2.24, 2.45) is 0 Å². The van der Waals surface area contributed by atoms with Gasteiger partial charge in [0, 0.05) is 11.6 Å². The first-order chi connectivity index (χ1) is 11.6. The lowest BCUT2D eigenvalue weighted by atomic mass is 10.0. The number of carboxylic acid groups (broad SMARTS) is 1. The van der Waals surface area contributed by atoms with E-state index < -0.39 is 11.8 Å². The van der Waals surface area contributed by atoms with E-state index in [4.69, 9.17) is 14.2 Å². The van der Waals surface area contributed by atoms with Gasteiger partial charge in [-0.25, -0.2) is 4.79 Å². The normalized spacial score (nSPS) is 12.8. The second kappa shape index (κ2) is 6.45. The summed E-state index contributed by atoms with van der Waals surface area (Å²) in [6.45, 7) is 0.0929. The zero-order valence-corrected chi connectivity index (χ0v) is 12.8. The Morgan fingerprint density at radius 1 is 1.04 bits per heavy atom. The third-order valence-corrected chi connectivity index (χ3v) is 3.56. The van der Waals surface area contributed by atoms with E-state index in [0.717, 1.165) is 6.08 Å². The first-order valence-electron chi connectivity index (χ1n) is 7.12. The molecule has 0 fully saturated rings. The van der Waals surface area contributed by atoms with Crippen LogP contribution in [0.4, 0.5) is 0 Å². The molecule has 0 atom stereocenters. The number of benzene rings is 2. The highest BCUT2D eigenvalue weighted by Gasteiger charge is 2.19. The molecule has 2 aromatic carbocycles. The summed E-state index contributed by atoms with van der Waals surface area (Å²) in [7, 11) is 1.53. The number of carboxylic acids is 1. The highest BCUT2D eigenvalue weighted by molar-refractivity contribution is 6.23. The summed E-state index contributed by atoms with van der Waals surface area (Å²) < 4.78 is 15.5. The first-order valence-corrected chi connectivity index (χ1v) is 7.12. The number of rotatable bonds is 5. The SMILES string of the molecule is COc1ccc(C(=O)C=C(C(=O)O)c2ccc3c(c2)OCO3)cc1. The Morgan fingerprint density at radius 2 is 1.71 bits per heavy atom. The Hall–Kier alpha value is -3.28. The van der Waals surface area contributed by atoms with Crippen LogP contribution in [0.5, 0.6) is 17.2 Å².